The van der Waals surface area contributed by atoms with E-state index in [1.807, 2.05) is 0 Å². The van der Waals surface area contributed by atoms with E-state index in [4.69, 9.17) is 14.2 Å². The highest BCUT2D eigenvalue weighted by atomic mass is 19.1. The van der Waals surface area contributed by atoms with Crippen LogP contribution in [0.1, 0.15) is 11.1 Å². The number of halogens is 1. The smallest absolute Gasteiger partial charge is 0.331 e. The molecular formula is C20H20FNO5. The molecule has 0 atom stereocenters. The number of rotatable bonds is 7. The van der Waals surface area contributed by atoms with Gasteiger partial charge in [-0.25, -0.2) is 9.18 Å². The lowest BCUT2D eigenvalue weighted by molar-refractivity contribution is -0.142. The fourth-order valence-electron chi connectivity index (χ4n) is 2.17. The maximum Gasteiger partial charge on any atom is 0.331 e. The zero-order valence-corrected chi connectivity index (χ0v) is 15.2. The van der Waals surface area contributed by atoms with Gasteiger partial charge in [0.25, 0.3) is 5.91 Å². The van der Waals surface area contributed by atoms with Crippen molar-refractivity contribution in [2.45, 2.75) is 6.92 Å². The number of amides is 1. The number of benzene rings is 2. The molecule has 0 heterocycles. The molecular weight excluding hydrogens is 353 g/mol. The van der Waals surface area contributed by atoms with E-state index >= 15 is 0 Å². The molecule has 0 aliphatic heterocycles. The predicted octanol–water partition coefficient (Wildman–Crippen LogP) is 3.35. The second kappa shape index (κ2) is 9.38. The van der Waals surface area contributed by atoms with E-state index in [2.05, 4.69) is 5.32 Å². The van der Waals surface area contributed by atoms with Crippen molar-refractivity contribution in [3.05, 3.63) is 59.4 Å². The normalized spacial score (nSPS) is 10.5. The quantitative estimate of drug-likeness (QED) is 0.595. The van der Waals surface area contributed by atoms with Gasteiger partial charge in [0.05, 0.1) is 14.2 Å². The van der Waals surface area contributed by atoms with Crippen LogP contribution in [0.15, 0.2) is 42.5 Å². The van der Waals surface area contributed by atoms with E-state index in [0.717, 1.165) is 0 Å². The third-order valence-corrected chi connectivity index (χ3v) is 3.64. The molecule has 0 saturated carbocycles. The fraction of sp³-hybridized carbons (Fsp3) is 0.200. The Balaban J connectivity index is 1.89. The van der Waals surface area contributed by atoms with Gasteiger partial charge >= 0.3 is 5.97 Å². The van der Waals surface area contributed by atoms with Gasteiger partial charge in [-0.05, 0) is 42.8 Å². The average Bonchev–Trinajstić information content (AvgIpc) is 2.67. The Kier molecular flexibility index (Phi) is 6.93. The third-order valence-electron chi connectivity index (χ3n) is 3.64. The Bertz CT molecular complexity index is 863. The molecule has 0 saturated heterocycles. The van der Waals surface area contributed by atoms with E-state index in [9.17, 15) is 14.0 Å². The minimum absolute atomic E-state index is 0.290. The van der Waals surface area contributed by atoms with E-state index in [1.54, 1.807) is 37.3 Å². The lowest BCUT2D eigenvalue weighted by Gasteiger charge is -2.07. The van der Waals surface area contributed by atoms with Crippen LogP contribution in [0.25, 0.3) is 6.08 Å². The summed E-state index contributed by atoms with van der Waals surface area (Å²) >= 11 is 0. The number of methoxy groups -OCH3 is 2. The van der Waals surface area contributed by atoms with Gasteiger partial charge in [-0.2, -0.15) is 0 Å². The van der Waals surface area contributed by atoms with Gasteiger partial charge in [0.15, 0.2) is 6.61 Å². The molecule has 0 aliphatic carbocycles. The van der Waals surface area contributed by atoms with Crippen LogP contribution in [0, 0.1) is 12.7 Å². The number of anilines is 1. The largest absolute Gasteiger partial charge is 0.497 e. The first-order valence-corrected chi connectivity index (χ1v) is 8.06. The molecule has 0 unspecified atom stereocenters. The van der Waals surface area contributed by atoms with E-state index < -0.39 is 24.3 Å². The highest BCUT2D eigenvalue weighted by molar-refractivity contribution is 5.94. The maximum atomic E-state index is 13.5. The highest BCUT2D eigenvalue weighted by Gasteiger charge is 2.08. The van der Waals surface area contributed by atoms with E-state index in [0.29, 0.717) is 22.6 Å². The predicted molar refractivity (Wildman–Crippen MR) is 99.3 cm³/mol. The SMILES string of the molecule is COc1ccc(/C=C/C(=O)OCC(=O)Nc2ccc(C)c(F)c2)c(OC)c1. The summed E-state index contributed by atoms with van der Waals surface area (Å²) in [5, 5.41) is 2.46. The Morgan fingerprint density at radius 1 is 1.11 bits per heavy atom. The van der Waals surface area contributed by atoms with Crippen molar-refractivity contribution in [2.75, 3.05) is 26.1 Å². The molecule has 2 aromatic rings. The molecule has 0 spiro atoms. The summed E-state index contributed by atoms with van der Waals surface area (Å²) in [6.07, 6.45) is 2.69. The van der Waals surface area contributed by atoms with Crippen molar-refractivity contribution in [1.82, 2.24) is 0 Å². The van der Waals surface area contributed by atoms with Crippen LogP contribution in [0.5, 0.6) is 11.5 Å². The Hall–Kier alpha value is -3.35. The summed E-state index contributed by atoms with van der Waals surface area (Å²) < 4.78 is 28.6. The van der Waals surface area contributed by atoms with E-state index in [1.165, 1.54) is 32.4 Å². The van der Waals surface area contributed by atoms with Gasteiger partial charge in [0.2, 0.25) is 0 Å². The van der Waals surface area contributed by atoms with Crippen molar-refractivity contribution in [3.63, 3.8) is 0 Å². The van der Waals surface area contributed by atoms with Gasteiger partial charge in [-0.1, -0.05) is 6.07 Å². The van der Waals surface area contributed by atoms with Crippen molar-refractivity contribution < 1.29 is 28.2 Å². The lowest BCUT2D eigenvalue weighted by Crippen LogP contribution is -2.20. The van der Waals surface area contributed by atoms with Crippen LogP contribution < -0.4 is 14.8 Å². The minimum Gasteiger partial charge on any atom is -0.497 e. The summed E-state index contributed by atoms with van der Waals surface area (Å²) in [4.78, 5) is 23.6. The van der Waals surface area contributed by atoms with Crippen molar-refractivity contribution >= 4 is 23.6 Å². The average molecular weight is 373 g/mol. The Morgan fingerprint density at radius 3 is 2.56 bits per heavy atom. The van der Waals surface area contributed by atoms with Crippen molar-refractivity contribution in [3.8, 4) is 11.5 Å². The molecule has 0 radical (unpaired) electrons. The van der Waals surface area contributed by atoms with Gasteiger partial charge < -0.3 is 19.5 Å². The second-order valence-electron chi connectivity index (χ2n) is 5.56. The molecule has 7 heteroatoms. The third kappa shape index (κ3) is 5.85. The number of ether oxygens (including phenoxy) is 3. The minimum atomic E-state index is -0.696. The summed E-state index contributed by atoms with van der Waals surface area (Å²) in [7, 11) is 3.04. The van der Waals surface area contributed by atoms with Crippen LogP contribution in [0.4, 0.5) is 10.1 Å². The topological polar surface area (TPSA) is 73.9 Å². The number of carbonyl (C=O) groups is 2. The van der Waals surface area contributed by atoms with Gasteiger partial charge in [-0.15, -0.1) is 0 Å². The van der Waals surface area contributed by atoms with Gasteiger partial charge in [0, 0.05) is 23.4 Å². The molecule has 0 fully saturated rings. The molecule has 0 bridgehead atoms. The fourth-order valence-corrected chi connectivity index (χ4v) is 2.17. The second-order valence-corrected chi connectivity index (χ2v) is 5.56. The van der Waals surface area contributed by atoms with Gasteiger partial charge in [0.1, 0.15) is 17.3 Å². The van der Waals surface area contributed by atoms with Crippen LogP contribution in [0.3, 0.4) is 0 Å². The number of carbonyl (C=O) groups excluding carboxylic acids is 2. The van der Waals surface area contributed by atoms with Crippen LogP contribution in [0.2, 0.25) is 0 Å². The molecule has 6 nitrogen and oxygen atoms in total. The zero-order chi connectivity index (χ0) is 19.8. The molecule has 27 heavy (non-hydrogen) atoms. The first-order valence-electron chi connectivity index (χ1n) is 8.06. The number of nitrogens with one attached hydrogen (secondary N) is 1. The van der Waals surface area contributed by atoms with Gasteiger partial charge in [-0.3, -0.25) is 4.79 Å². The first kappa shape index (κ1) is 20.0. The Labute approximate surface area is 156 Å². The number of esters is 1. The molecule has 2 aromatic carbocycles. The molecule has 2 rings (SSSR count). The lowest BCUT2D eigenvalue weighted by atomic mass is 10.2. The van der Waals surface area contributed by atoms with E-state index in [-0.39, 0.29) is 5.69 Å². The van der Waals surface area contributed by atoms with Crippen LogP contribution in [-0.4, -0.2) is 32.7 Å². The highest BCUT2D eigenvalue weighted by Crippen LogP contribution is 2.25. The number of hydrogen-bond acceptors (Lipinski definition) is 5. The summed E-state index contributed by atoms with van der Waals surface area (Å²) in [5.74, 6) is -0.547. The Morgan fingerprint density at radius 2 is 1.89 bits per heavy atom. The summed E-state index contributed by atoms with van der Waals surface area (Å²) in [6, 6.07) is 9.43. The molecule has 1 N–H and O–H groups in total. The summed E-state index contributed by atoms with van der Waals surface area (Å²) in [6.45, 7) is 1.13. The first-order chi connectivity index (χ1) is 12.9. The molecule has 0 aliphatic rings. The zero-order valence-electron chi connectivity index (χ0n) is 15.2. The maximum absolute atomic E-state index is 13.5. The monoisotopic (exact) mass is 373 g/mol. The summed E-state index contributed by atoms with van der Waals surface area (Å²) in [5.41, 5.74) is 1.41. The standard InChI is InChI=1S/C20H20FNO5/c1-13-4-7-15(10-17(13)21)22-19(23)12-27-20(24)9-6-14-5-8-16(25-2)11-18(14)26-3/h4-11H,12H2,1-3H3,(H,22,23)/b9-6+. The van der Waals surface area contributed by atoms with Crippen molar-refractivity contribution in [2.24, 2.45) is 0 Å². The molecule has 0 aromatic heterocycles. The molecule has 142 valence electrons. The number of hydrogen-bond donors (Lipinski definition) is 1. The number of aryl methyl sites for hydroxylation is 1. The molecule has 1 amide bonds. The van der Waals surface area contributed by atoms with Crippen LogP contribution in [-0.2, 0) is 14.3 Å². The van der Waals surface area contributed by atoms with Crippen molar-refractivity contribution in [1.29, 1.82) is 0 Å². The van der Waals surface area contributed by atoms with Crippen LogP contribution >= 0.6 is 0 Å².